The molecule has 0 aromatic heterocycles. The van der Waals surface area contributed by atoms with Gasteiger partial charge in [-0.3, -0.25) is 10.1 Å². The Balaban J connectivity index is 1.97. The highest BCUT2D eigenvalue weighted by Crippen LogP contribution is 2.35. The van der Waals surface area contributed by atoms with Gasteiger partial charge in [-0.2, -0.15) is 0 Å². The highest BCUT2D eigenvalue weighted by molar-refractivity contribution is 5.95. The zero-order valence-electron chi connectivity index (χ0n) is 11.8. The summed E-state index contributed by atoms with van der Waals surface area (Å²) in [6, 6.07) is 15.7. The summed E-state index contributed by atoms with van der Waals surface area (Å²) < 4.78 is 5.27. The first-order valence-electron chi connectivity index (χ1n) is 6.73. The molecular weight excluding hydrogens is 298 g/mol. The van der Waals surface area contributed by atoms with E-state index in [0.29, 0.717) is 10.9 Å². The summed E-state index contributed by atoms with van der Waals surface area (Å²) >= 11 is 0. The Morgan fingerprint density at radius 3 is 2.48 bits per heavy atom. The van der Waals surface area contributed by atoms with Gasteiger partial charge in [0.2, 0.25) is 0 Å². The number of benzene rings is 3. The van der Waals surface area contributed by atoms with Crippen LogP contribution in [0.15, 0.2) is 60.7 Å². The Morgan fingerprint density at radius 1 is 1.04 bits per heavy atom. The number of nitro benzene ring substituents is 1. The van der Waals surface area contributed by atoms with Gasteiger partial charge < -0.3 is 9.84 Å². The predicted molar refractivity (Wildman–Crippen MR) is 83.7 cm³/mol. The summed E-state index contributed by atoms with van der Waals surface area (Å²) in [7, 11) is 0. The van der Waals surface area contributed by atoms with Crippen LogP contribution in [-0.2, 0) is 0 Å². The molecule has 0 radical (unpaired) electrons. The number of ether oxygens (including phenoxy) is 1. The maximum atomic E-state index is 12.0. The largest absolute Gasteiger partial charge is 0.502 e. The lowest BCUT2D eigenvalue weighted by molar-refractivity contribution is -0.384. The molecule has 1 N–H and O–H groups in total. The molecule has 0 amide bonds. The maximum Gasteiger partial charge on any atom is 0.343 e. The molecular formula is C17H11NO5. The summed E-state index contributed by atoms with van der Waals surface area (Å²) in [4.78, 5) is 22.4. The molecule has 0 spiro atoms. The van der Waals surface area contributed by atoms with Crippen molar-refractivity contribution in [3.8, 4) is 11.5 Å². The van der Waals surface area contributed by atoms with Crippen LogP contribution < -0.4 is 4.74 Å². The Hall–Kier alpha value is -3.41. The normalized spacial score (nSPS) is 10.4. The number of esters is 1. The monoisotopic (exact) mass is 309 g/mol. The minimum Gasteiger partial charge on any atom is -0.502 e. The van der Waals surface area contributed by atoms with Crippen molar-refractivity contribution in [1.82, 2.24) is 0 Å². The van der Waals surface area contributed by atoms with Crippen molar-refractivity contribution in [3.05, 3.63) is 76.3 Å². The molecule has 0 atom stereocenters. The number of nitro groups is 1. The van der Waals surface area contributed by atoms with Crippen molar-refractivity contribution < 1.29 is 19.6 Å². The number of carbonyl (C=O) groups excluding carboxylic acids is 1. The molecule has 0 heterocycles. The summed E-state index contributed by atoms with van der Waals surface area (Å²) in [5.41, 5.74) is 0.0349. The van der Waals surface area contributed by atoms with Gasteiger partial charge in [0.25, 0.3) is 0 Å². The van der Waals surface area contributed by atoms with Crippen molar-refractivity contribution >= 4 is 22.4 Å². The van der Waals surface area contributed by atoms with Gasteiger partial charge in [0, 0.05) is 0 Å². The third-order valence-electron chi connectivity index (χ3n) is 3.34. The van der Waals surface area contributed by atoms with E-state index >= 15 is 0 Å². The fourth-order valence-electron chi connectivity index (χ4n) is 2.28. The minimum atomic E-state index is -0.646. The first kappa shape index (κ1) is 14.5. The van der Waals surface area contributed by atoms with Crippen LogP contribution in [0.5, 0.6) is 11.5 Å². The number of carbonyl (C=O) groups is 1. The topological polar surface area (TPSA) is 89.7 Å². The minimum absolute atomic E-state index is 0.270. The predicted octanol–water partition coefficient (Wildman–Crippen LogP) is 3.67. The van der Waals surface area contributed by atoms with Crippen molar-refractivity contribution in [2.24, 2.45) is 0 Å². The van der Waals surface area contributed by atoms with E-state index in [1.54, 1.807) is 30.3 Å². The van der Waals surface area contributed by atoms with E-state index in [1.807, 2.05) is 0 Å². The fourth-order valence-corrected chi connectivity index (χ4v) is 2.28. The Morgan fingerprint density at radius 2 is 1.78 bits per heavy atom. The summed E-state index contributed by atoms with van der Waals surface area (Å²) in [5, 5.41) is 21.4. The number of hydrogen-bond acceptors (Lipinski definition) is 5. The molecule has 0 aliphatic rings. The van der Waals surface area contributed by atoms with Crippen LogP contribution in [0.2, 0.25) is 0 Å². The molecule has 3 rings (SSSR count). The molecule has 0 fully saturated rings. The highest BCUT2D eigenvalue weighted by Gasteiger charge is 2.18. The number of aromatic hydroxyl groups is 1. The van der Waals surface area contributed by atoms with Crippen LogP contribution >= 0.6 is 0 Å². The standard InChI is InChI=1S/C17H11NO5/c19-15-9-6-12-10-13(7-8-14(12)16(15)18(21)22)23-17(20)11-4-2-1-3-5-11/h1-10,19H. The average Bonchev–Trinajstić information content (AvgIpc) is 2.55. The van der Waals surface area contributed by atoms with Crippen LogP contribution in [0.1, 0.15) is 10.4 Å². The Kier molecular flexibility index (Phi) is 3.64. The van der Waals surface area contributed by atoms with Gasteiger partial charge in [0.05, 0.1) is 15.9 Å². The van der Waals surface area contributed by atoms with Crippen LogP contribution in [-0.4, -0.2) is 16.0 Å². The number of nitrogens with zero attached hydrogens (tertiary/aromatic N) is 1. The molecule has 0 aliphatic heterocycles. The van der Waals surface area contributed by atoms with Gasteiger partial charge in [0.15, 0.2) is 5.75 Å². The van der Waals surface area contributed by atoms with Gasteiger partial charge in [0.1, 0.15) is 5.75 Å². The summed E-state index contributed by atoms with van der Waals surface area (Å²) in [6.07, 6.45) is 0. The number of rotatable bonds is 3. The van der Waals surface area contributed by atoms with Crippen molar-refractivity contribution in [3.63, 3.8) is 0 Å². The van der Waals surface area contributed by atoms with E-state index in [-0.39, 0.29) is 16.8 Å². The first-order chi connectivity index (χ1) is 11.1. The molecule has 0 unspecified atom stereocenters. The molecule has 6 nitrogen and oxygen atoms in total. The van der Waals surface area contributed by atoms with Gasteiger partial charge in [-0.25, -0.2) is 4.79 Å². The number of phenolic OH excluding ortho intramolecular Hbond substituents is 1. The Labute approximate surface area is 130 Å². The van der Waals surface area contributed by atoms with Crippen molar-refractivity contribution in [1.29, 1.82) is 0 Å². The smallest absolute Gasteiger partial charge is 0.343 e. The van der Waals surface area contributed by atoms with Crippen LogP contribution in [0.25, 0.3) is 10.8 Å². The van der Waals surface area contributed by atoms with Gasteiger partial charge in [-0.15, -0.1) is 0 Å². The van der Waals surface area contributed by atoms with E-state index in [0.717, 1.165) is 0 Å². The zero-order chi connectivity index (χ0) is 16.4. The van der Waals surface area contributed by atoms with E-state index < -0.39 is 16.6 Å². The SMILES string of the molecule is O=C(Oc1ccc2c([N+](=O)[O-])c(O)ccc2c1)c1ccccc1. The average molecular weight is 309 g/mol. The zero-order valence-corrected chi connectivity index (χ0v) is 11.8. The Bertz CT molecular complexity index is 906. The third-order valence-corrected chi connectivity index (χ3v) is 3.34. The molecule has 114 valence electrons. The van der Waals surface area contributed by atoms with E-state index in [2.05, 4.69) is 0 Å². The second kappa shape index (κ2) is 5.76. The lowest BCUT2D eigenvalue weighted by atomic mass is 10.1. The quantitative estimate of drug-likeness (QED) is 0.345. The fraction of sp³-hybridized carbons (Fsp3) is 0. The van der Waals surface area contributed by atoms with E-state index in [1.165, 1.54) is 30.3 Å². The van der Waals surface area contributed by atoms with Crippen LogP contribution in [0.3, 0.4) is 0 Å². The second-order valence-electron chi connectivity index (χ2n) is 4.83. The summed E-state index contributed by atoms with van der Waals surface area (Å²) in [6.45, 7) is 0. The first-order valence-corrected chi connectivity index (χ1v) is 6.73. The molecule has 23 heavy (non-hydrogen) atoms. The molecule has 3 aromatic rings. The molecule has 3 aromatic carbocycles. The van der Waals surface area contributed by atoms with Crippen molar-refractivity contribution in [2.75, 3.05) is 0 Å². The second-order valence-corrected chi connectivity index (χ2v) is 4.83. The molecule has 0 saturated carbocycles. The van der Waals surface area contributed by atoms with Crippen molar-refractivity contribution in [2.45, 2.75) is 0 Å². The third kappa shape index (κ3) is 2.82. The molecule has 0 saturated heterocycles. The maximum absolute atomic E-state index is 12.0. The van der Waals surface area contributed by atoms with Crippen LogP contribution in [0, 0.1) is 10.1 Å². The van der Waals surface area contributed by atoms with Gasteiger partial charge in [-0.1, -0.05) is 24.3 Å². The number of phenols is 1. The van der Waals surface area contributed by atoms with Gasteiger partial charge >= 0.3 is 11.7 Å². The number of fused-ring (bicyclic) bond motifs is 1. The van der Waals surface area contributed by atoms with E-state index in [4.69, 9.17) is 4.74 Å². The number of hydrogen-bond donors (Lipinski definition) is 1. The highest BCUT2D eigenvalue weighted by atomic mass is 16.6. The van der Waals surface area contributed by atoms with E-state index in [9.17, 15) is 20.0 Å². The lowest BCUT2D eigenvalue weighted by Gasteiger charge is -2.06. The van der Waals surface area contributed by atoms with Crippen LogP contribution in [0.4, 0.5) is 5.69 Å². The molecule has 0 aliphatic carbocycles. The van der Waals surface area contributed by atoms with Gasteiger partial charge in [-0.05, 0) is 41.8 Å². The molecule has 0 bridgehead atoms. The lowest BCUT2D eigenvalue weighted by Crippen LogP contribution is -2.08. The summed E-state index contributed by atoms with van der Waals surface area (Å²) in [5.74, 6) is -0.652. The molecule has 6 heteroatoms.